The van der Waals surface area contributed by atoms with Gasteiger partial charge in [-0.05, 0) is 59.3 Å². The van der Waals surface area contributed by atoms with E-state index in [2.05, 4.69) is 58.5 Å². The van der Waals surface area contributed by atoms with Crippen LogP contribution < -0.4 is 5.32 Å². The Labute approximate surface area is 121 Å². The molecule has 0 aliphatic heterocycles. The molecule has 19 heavy (non-hydrogen) atoms. The zero-order chi connectivity index (χ0) is 13.2. The normalized spacial score (nSPS) is 14.6. The third kappa shape index (κ3) is 2.71. The molecule has 2 unspecified atom stereocenters. The summed E-state index contributed by atoms with van der Waals surface area (Å²) in [6.45, 7) is 4.40. The van der Waals surface area contributed by atoms with Gasteiger partial charge in [0.15, 0.2) is 0 Å². The summed E-state index contributed by atoms with van der Waals surface area (Å²) in [5, 5.41) is 10.0. The quantitative estimate of drug-likeness (QED) is 0.748. The standard InChI is InChI=1S/C15H16N2S2/c1-10(12-3-5-18-9-12)17-11(2)13-7-15-14(16-8-13)4-6-19-15/h3-11,17H,1-2H3. The number of rotatable bonds is 4. The Hall–Kier alpha value is -1.23. The number of thiophene rings is 2. The monoisotopic (exact) mass is 288 g/mol. The van der Waals surface area contributed by atoms with E-state index < -0.39 is 0 Å². The summed E-state index contributed by atoms with van der Waals surface area (Å²) in [5.74, 6) is 0. The SMILES string of the molecule is CC(NC(C)c1cnc2ccsc2c1)c1ccsc1. The maximum atomic E-state index is 4.50. The first-order chi connectivity index (χ1) is 9.24. The van der Waals surface area contributed by atoms with Crippen LogP contribution in [-0.2, 0) is 0 Å². The van der Waals surface area contributed by atoms with Gasteiger partial charge in [0.2, 0.25) is 0 Å². The minimum atomic E-state index is 0.300. The van der Waals surface area contributed by atoms with Crippen LogP contribution in [0, 0.1) is 0 Å². The molecule has 98 valence electrons. The van der Waals surface area contributed by atoms with Gasteiger partial charge in [0.25, 0.3) is 0 Å². The lowest BCUT2D eigenvalue weighted by atomic mass is 10.1. The molecule has 3 aromatic rings. The molecule has 2 atom stereocenters. The van der Waals surface area contributed by atoms with Crippen LogP contribution in [0.4, 0.5) is 0 Å². The molecule has 4 heteroatoms. The molecule has 0 bridgehead atoms. The second-order valence-electron chi connectivity index (χ2n) is 4.74. The van der Waals surface area contributed by atoms with Crippen LogP contribution >= 0.6 is 22.7 Å². The first kappa shape index (κ1) is 12.8. The van der Waals surface area contributed by atoms with E-state index in [0.717, 1.165) is 5.52 Å². The molecule has 3 rings (SSSR count). The second kappa shape index (κ2) is 5.41. The van der Waals surface area contributed by atoms with Crippen molar-refractivity contribution >= 4 is 32.9 Å². The number of hydrogen-bond acceptors (Lipinski definition) is 4. The molecule has 0 radical (unpaired) electrons. The smallest absolute Gasteiger partial charge is 0.0809 e. The summed E-state index contributed by atoms with van der Waals surface area (Å²) in [6, 6.07) is 7.14. The van der Waals surface area contributed by atoms with E-state index in [9.17, 15) is 0 Å². The van der Waals surface area contributed by atoms with Gasteiger partial charge in [0, 0.05) is 18.3 Å². The Balaban J connectivity index is 1.77. The molecule has 0 spiro atoms. The van der Waals surface area contributed by atoms with Crippen LogP contribution in [0.25, 0.3) is 10.2 Å². The third-order valence-electron chi connectivity index (χ3n) is 3.37. The lowest BCUT2D eigenvalue weighted by Crippen LogP contribution is -2.22. The molecule has 0 aromatic carbocycles. The van der Waals surface area contributed by atoms with Gasteiger partial charge >= 0.3 is 0 Å². The van der Waals surface area contributed by atoms with Crippen molar-refractivity contribution in [1.29, 1.82) is 0 Å². The van der Waals surface area contributed by atoms with Crippen molar-refractivity contribution < 1.29 is 0 Å². The second-order valence-corrected chi connectivity index (χ2v) is 6.47. The van der Waals surface area contributed by atoms with Crippen molar-refractivity contribution in [3.8, 4) is 0 Å². The third-order valence-corrected chi connectivity index (χ3v) is 4.92. The average molecular weight is 288 g/mol. The Kier molecular flexibility index (Phi) is 3.64. The van der Waals surface area contributed by atoms with E-state index >= 15 is 0 Å². The first-order valence-electron chi connectivity index (χ1n) is 6.35. The molecule has 0 aliphatic rings. The maximum Gasteiger partial charge on any atom is 0.0809 e. The summed E-state index contributed by atoms with van der Waals surface area (Å²) in [6.07, 6.45) is 1.98. The number of hydrogen-bond donors (Lipinski definition) is 1. The highest BCUT2D eigenvalue weighted by atomic mass is 32.1. The number of pyridine rings is 1. The van der Waals surface area contributed by atoms with Crippen LogP contribution in [0.5, 0.6) is 0 Å². The topological polar surface area (TPSA) is 24.9 Å². The van der Waals surface area contributed by atoms with Crippen molar-refractivity contribution in [1.82, 2.24) is 10.3 Å². The molecule has 0 fully saturated rings. The van der Waals surface area contributed by atoms with Crippen molar-refractivity contribution in [2.45, 2.75) is 25.9 Å². The lowest BCUT2D eigenvalue weighted by molar-refractivity contribution is 0.495. The van der Waals surface area contributed by atoms with Gasteiger partial charge in [-0.1, -0.05) is 0 Å². The molecule has 3 aromatic heterocycles. The van der Waals surface area contributed by atoms with E-state index in [1.165, 1.54) is 15.8 Å². The molecule has 0 saturated carbocycles. The number of fused-ring (bicyclic) bond motifs is 1. The summed E-state index contributed by atoms with van der Waals surface area (Å²) in [4.78, 5) is 4.50. The highest BCUT2D eigenvalue weighted by Crippen LogP contribution is 2.25. The van der Waals surface area contributed by atoms with Gasteiger partial charge in [-0.3, -0.25) is 4.98 Å². The first-order valence-corrected chi connectivity index (χ1v) is 8.17. The van der Waals surface area contributed by atoms with Gasteiger partial charge in [0.1, 0.15) is 0 Å². The molecular formula is C15H16N2S2. The van der Waals surface area contributed by atoms with Gasteiger partial charge in [-0.2, -0.15) is 11.3 Å². The summed E-state index contributed by atoms with van der Waals surface area (Å²) < 4.78 is 1.26. The molecule has 0 saturated heterocycles. The van der Waals surface area contributed by atoms with Crippen molar-refractivity contribution in [3.05, 3.63) is 51.7 Å². The van der Waals surface area contributed by atoms with Gasteiger partial charge < -0.3 is 5.32 Å². The lowest BCUT2D eigenvalue weighted by Gasteiger charge is -2.19. The molecule has 3 heterocycles. The minimum absolute atomic E-state index is 0.300. The summed E-state index contributed by atoms with van der Waals surface area (Å²) in [5.41, 5.74) is 3.69. The summed E-state index contributed by atoms with van der Waals surface area (Å²) >= 11 is 3.49. The van der Waals surface area contributed by atoms with E-state index in [1.807, 2.05) is 6.20 Å². The Bertz CT molecular complexity index is 658. The molecule has 2 nitrogen and oxygen atoms in total. The van der Waals surface area contributed by atoms with Crippen LogP contribution in [0.3, 0.4) is 0 Å². The van der Waals surface area contributed by atoms with Gasteiger partial charge in [-0.25, -0.2) is 0 Å². The predicted molar refractivity (Wildman–Crippen MR) is 83.9 cm³/mol. The fraction of sp³-hybridized carbons (Fsp3) is 0.267. The highest BCUT2D eigenvalue weighted by Gasteiger charge is 2.12. The Morgan fingerprint density at radius 2 is 1.95 bits per heavy atom. The predicted octanol–water partition coefficient (Wildman–Crippen LogP) is 4.77. The number of nitrogens with one attached hydrogen (secondary N) is 1. The van der Waals surface area contributed by atoms with Crippen molar-refractivity contribution in [3.63, 3.8) is 0 Å². The number of aromatic nitrogens is 1. The molecular weight excluding hydrogens is 272 g/mol. The van der Waals surface area contributed by atoms with Gasteiger partial charge in [-0.15, -0.1) is 11.3 Å². The van der Waals surface area contributed by atoms with Crippen molar-refractivity contribution in [2.75, 3.05) is 0 Å². The zero-order valence-corrected chi connectivity index (χ0v) is 12.6. The Morgan fingerprint density at radius 3 is 2.74 bits per heavy atom. The van der Waals surface area contributed by atoms with E-state index in [1.54, 1.807) is 22.7 Å². The van der Waals surface area contributed by atoms with Crippen LogP contribution in [0.1, 0.15) is 37.1 Å². The highest BCUT2D eigenvalue weighted by molar-refractivity contribution is 7.17. The molecule has 0 amide bonds. The number of nitrogens with zero attached hydrogens (tertiary/aromatic N) is 1. The van der Waals surface area contributed by atoms with Crippen molar-refractivity contribution in [2.24, 2.45) is 0 Å². The average Bonchev–Trinajstić information content (AvgIpc) is 3.09. The molecule has 1 N–H and O–H groups in total. The molecule has 0 aliphatic carbocycles. The minimum Gasteiger partial charge on any atom is -0.304 e. The van der Waals surface area contributed by atoms with E-state index in [0.29, 0.717) is 12.1 Å². The largest absolute Gasteiger partial charge is 0.304 e. The van der Waals surface area contributed by atoms with Crippen LogP contribution in [-0.4, -0.2) is 4.98 Å². The maximum absolute atomic E-state index is 4.50. The zero-order valence-electron chi connectivity index (χ0n) is 11.0. The van der Waals surface area contributed by atoms with E-state index in [-0.39, 0.29) is 0 Å². The fourth-order valence-corrected chi connectivity index (χ4v) is 3.73. The summed E-state index contributed by atoms with van der Waals surface area (Å²) in [7, 11) is 0. The van der Waals surface area contributed by atoms with Crippen LogP contribution in [0.15, 0.2) is 40.5 Å². The Morgan fingerprint density at radius 1 is 1.11 bits per heavy atom. The van der Waals surface area contributed by atoms with Crippen LogP contribution in [0.2, 0.25) is 0 Å². The van der Waals surface area contributed by atoms with E-state index in [4.69, 9.17) is 0 Å². The fourth-order valence-electron chi connectivity index (χ4n) is 2.19. The van der Waals surface area contributed by atoms with Gasteiger partial charge in [0.05, 0.1) is 10.2 Å².